The molecule has 1 aliphatic heterocycles. The molecule has 2 N–H and O–H groups in total. The molecule has 1 amide bonds. The number of carbonyl (C=O) groups excluding carboxylic acids is 1. The molecule has 0 spiro atoms. The summed E-state index contributed by atoms with van der Waals surface area (Å²) < 4.78 is 46.4. The number of amides is 1. The zero-order valence-electron chi connectivity index (χ0n) is 15.2. The van der Waals surface area contributed by atoms with Crippen LogP contribution in [0.4, 0.5) is 18.0 Å². The van der Waals surface area contributed by atoms with E-state index in [9.17, 15) is 18.0 Å². The van der Waals surface area contributed by atoms with E-state index in [4.69, 9.17) is 4.74 Å². The van der Waals surface area contributed by atoms with Crippen molar-refractivity contribution in [2.24, 2.45) is 0 Å². The maximum absolute atomic E-state index is 12.4. The second-order valence-electron chi connectivity index (χ2n) is 7.58. The van der Waals surface area contributed by atoms with Gasteiger partial charge in [0.2, 0.25) is 0 Å². The molecule has 1 aromatic rings. The van der Waals surface area contributed by atoms with E-state index < -0.39 is 20.5 Å². The zero-order chi connectivity index (χ0) is 19.4. The highest BCUT2D eigenvalue weighted by molar-refractivity contribution is 6.76. The van der Waals surface area contributed by atoms with Gasteiger partial charge < -0.3 is 20.1 Å². The fourth-order valence-corrected chi connectivity index (χ4v) is 3.48. The van der Waals surface area contributed by atoms with E-state index in [1.807, 2.05) is 0 Å². The van der Waals surface area contributed by atoms with Crippen molar-refractivity contribution in [2.45, 2.75) is 44.0 Å². The highest BCUT2D eigenvalue weighted by atomic mass is 28.3. The van der Waals surface area contributed by atoms with Crippen LogP contribution in [0.2, 0.25) is 25.7 Å². The smallest absolute Gasteiger partial charge is 0.450 e. The topological polar surface area (TPSA) is 59.6 Å². The number of carbonyl (C=O) groups is 1. The Morgan fingerprint density at radius 1 is 1.31 bits per heavy atom. The highest BCUT2D eigenvalue weighted by Crippen LogP contribution is 2.29. The maximum atomic E-state index is 12.4. The van der Waals surface area contributed by atoms with Crippen molar-refractivity contribution >= 4 is 14.2 Å². The first-order valence-electron chi connectivity index (χ1n) is 8.53. The van der Waals surface area contributed by atoms with Crippen LogP contribution in [0.25, 0.3) is 0 Å². The Morgan fingerprint density at radius 3 is 2.69 bits per heavy atom. The van der Waals surface area contributed by atoms with Crippen LogP contribution in [0, 0.1) is 0 Å². The summed E-state index contributed by atoms with van der Waals surface area (Å²) in [4.78, 5) is 12.0. The number of ether oxygens (including phenoxy) is 2. The molecule has 26 heavy (non-hydrogen) atoms. The number of alkyl halides is 3. The molecule has 2 atom stereocenters. The van der Waals surface area contributed by atoms with E-state index >= 15 is 0 Å². The number of rotatable bonds is 6. The first kappa shape index (κ1) is 20.6. The second-order valence-corrected chi connectivity index (χ2v) is 13.2. The van der Waals surface area contributed by atoms with Crippen LogP contribution >= 0.6 is 0 Å². The van der Waals surface area contributed by atoms with Crippen LogP contribution in [0.5, 0.6) is 5.75 Å². The van der Waals surface area contributed by atoms with E-state index in [1.165, 1.54) is 18.2 Å². The minimum Gasteiger partial charge on any atom is -0.450 e. The van der Waals surface area contributed by atoms with Gasteiger partial charge in [-0.15, -0.1) is 13.2 Å². The molecule has 1 aromatic carbocycles. The third-order valence-electron chi connectivity index (χ3n) is 4.12. The lowest BCUT2D eigenvalue weighted by molar-refractivity contribution is -0.274. The van der Waals surface area contributed by atoms with Crippen LogP contribution < -0.4 is 15.4 Å². The molecule has 146 valence electrons. The molecule has 0 unspecified atom stereocenters. The fourth-order valence-electron chi connectivity index (χ4n) is 2.77. The van der Waals surface area contributed by atoms with Gasteiger partial charge in [-0.2, -0.15) is 0 Å². The number of alkyl carbamates (subject to hydrolysis) is 1. The van der Waals surface area contributed by atoms with E-state index in [0.29, 0.717) is 25.3 Å². The summed E-state index contributed by atoms with van der Waals surface area (Å²) in [7, 11) is -1.28. The Labute approximate surface area is 152 Å². The third kappa shape index (κ3) is 6.87. The Kier molecular flexibility index (Phi) is 6.57. The van der Waals surface area contributed by atoms with Crippen LogP contribution in [0.1, 0.15) is 11.5 Å². The minimum atomic E-state index is -4.73. The van der Waals surface area contributed by atoms with Gasteiger partial charge in [-0.05, 0) is 23.7 Å². The van der Waals surface area contributed by atoms with E-state index in [1.54, 1.807) is 6.07 Å². The van der Waals surface area contributed by atoms with Gasteiger partial charge in [0.25, 0.3) is 0 Å². The molecule has 0 aromatic heterocycles. The summed E-state index contributed by atoms with van der Waals surface area (Å²) in [6, 6.07) is 6.48. The van der Waals surface area contributed by atoms with Crippen molar-refractivity contribution < 1.29 is 27.4 Å². The largest absolute Gasteiger partial charge is 0.573 e. The average molecular weight is 390 g/mol. The molecular weight excluding hydrogens is 365 g/mol. The van der Waals surface area contributed by atoms with Gasteiger partial charge in [0.1, 0.15) is 5.75 Å². The third-order valence-corrected chi connectivity index (χ3v) is 5.83. The molecule has 1 heterocycles. The lowest BCUT2D eigenvalue weighted by atomic mass is 9.94. The summed E-state index contributed by atoms with van der Waals surface area (Å²) in [5, 5.41) is 5.96. The van der Waals surface area contributed by atoms with Crippen molar-refractivity contribution in [2.75, 3.05) is 19.7 Å². The predicted octanol–water partition coefficient (Wildman–Crippen LogP) is 3.71. The van der Waals surface area contributed by atoms with Gasteiger partial charge >= 0.3 is 12.5 Å². The quantitative estimate of drug-likeness (QED) is 0.727. The van der Waals surface area contributed by atoms with Gasteiger partial charge in [0.15, 0.2) is 0 Å². The Morgan fingerprint density at radius 2 is 2.04 bits per heavy atom. The average Bonchev–Trinajstić information content (AvgIpc) is 2.92. The molecule has 2 rings (SSSR count). The van der Waals surface area contributed by atoms with Gasteiger partial charge in [-0.3, -0.25) is 0 Å². The molecule has 0 bridgehead atoms. The molecule has 1 fully saturated rings. The van der Waals surface area contributed by atoms with Crippen molar-refractivity contribution in [1.29, 1.82) is 0 Å². The first-order chi connectivity index (χ1) is 12.0. The number of hydrogen-bond donors (Lipinski definition) is 2. The monoisotopic (exact) mass is 390 g/mol. The maximum Gasteiger partial charge on any atom is 0.573 e. The molecule has 5 nitrogen and oxygen atoms in total. The van der Waals surface area contributed by atoms with Crippen LogP contribution in [0.15, 0.2) is 24.3 Å². The molecular formula is C17H25F3N2O3Si. The highest BCUT2D eigenvalue weighted by Gasteiger charge is 2.33. The fraction of sp³-hybridized carbons (Fsp3) is 0.588. The van der Waals surface area contributed by atoms with Gasteiger partial charge in [-0.25, -0.2) is 4.79 Å². The normalized spacial score (nSPS) is 20.7. The lowest BCUT2D eigenvalue weighted by Gasteiger charge is -2.21. The summed E-state index contributed by atoms with van der Waals surface area (Å²) in [6.45, 7) is 8.04. The summed E-state index contributed by atoms with van der Waals surface area (Å²) in [5.41, 5.74) is 0.671. The van der Waals surface area contributed by atoms with Gasteiger partial charge in [0.05, 0.1) is 12.6 Å². The molecule has 1 saturated heterocycles. The van der Waals surface area contributed by atoms with Crippen LogP contribution in [-0.4, -0.2) is 46.3 Å². The van der Waals surface area contributed by atoms with Gasteiger partial charge in [0, 0.05) is 27.1 Å². The predicted molar refractivity (Wildman–Crippen MR) is 95.2 cm³/mol. The molecule has 9 heteroatoms. The van der Waals surface area contributed by atoms with Crippen LogP contribution in [0.3, 0.4) is 0 Å². The molecule has 0 saturated carbocycles. The number of benzene rings is 1. The van der Waals surface area contributed by atoms with Crippen molar-refractivity contribution in [1.82, 2.24) is 10.6 Å². The van der Waals surface area contributed by atoms with Crippen LogP contribution in [-0.2, 0) is 4.74 Å². The summed E-state index contributed by atoms with van der Waals surface area (Å²) in [5.74, 6) is -0.422. The molecule has 0 aliphatic carbocycles. The minimum absolute atomic E-state index is 0.156. The van der Waals surface area contributed by atoms with Crippen molar-refractivity contribution in [3.8, 4) is 5.75 Å². The standard InChI is InChI=1S/C17H25F3N2O3Si/c1-26(2,3)8-7-24-16(23)22-15-11-21-10-14(15)12-5-4-6-13(9-12)25-17(18,19)20/h4-6,9,14-15,21H,7-8,10-11H2,1-3H3,(H,22,23)/t14-,15+/m0/s1. The Bertz CT molecular complexity index is 620. The van der Waals surface area contributed by atoms with E-state index in [-0.39, 0.29) is 17.7 Å². The molecule has 0 radical (unpaired) electrons. The summed E-state index contributed by atoms with van der Waals surface area (Å²) >= 11 is 0. The first-order valence-corrected chi connectivity index (χ1v) is 12.2. The molecule has 1 aliphatic rings. The summed E-state index contributed by atoms with van der Waals surface area (Å²) in [6.07, 6.45) is -5.23. The second kappa shape index (κ2) is 8.30. The van der Waals surface area contributed by atoms with Crippen molar-refractivity contribution in [3.63, 3.8) is 0 Å². The Balaban J connectivity index is 1.95. The van der Waals surface area contributed by atoms with Gasteiger partial charge in [-0.1, -0.05) is 31.8 Å². The van der Waals surface area contributed by atoms with E-state index in [2.05, 4.69) is 35.0 Å². The van der Waals surface area contributed by atoms with E-state index in [0.717, 1.165) is 6.04 Å². The SMILES string of the molecule is C[Si](C)(C)CCOC(=O)N[C@@H]1CNC[C@H]1c1cccc(OC(F)(F)F)c1. The Hall–Kier alpha value is -1.74. The number of nitrogens with one attached hydrogen (secondary N) is 2. The zero-order valence-corrected chi connectivity index (χ0v) is 16.2. The number of halogens is 3. The number of hydrogen-bond acceptors (Lipinski definition) is 4. The lowest BCUT2D eigenvalue weighted by Crippen LogP contribution is -2.40. The van der Waals surface area contributed by atoms with Crippen molar-refractivity contribution in [3.05, 3.63) is 29.8 Å².